The summed E-state index contributed by atoms with van der Waals surface area (Å²) in [5.74, 6) is 1.74. The van der Waals surface area contributed by atoms with Crippen LogP contribution in [0, 0.1) is 0 Å². The van der Waals surface area contributed by atoms with Crippen LogP contribution in [0.15, 0.2) is 42.5 Å². The van der Waals surface area contributed by atoms with E-state index in [-0.39, 0.29) is 12.0 Å². The van der Waals surface area contributed by atoms with Crippen LogP contribution in [0.4, 0.5) is 0 Å². The molecular weight excluding hydrogens is 306 g/mol. The van der Waals surface area contributed by atoms with Crippen molar-refractivity contribution in [3.63, 3.8) is 0 Å². The molecule has 0 fully saturated rings. The van der Waals surface area contributed by atoms with Gasteiger partial charge in [-0.3, -0.25) is 4.79 Å². The molecule has 0 saturated carbocycles. The summed E-state index contributed by atoms with van der Waals surface area (Å²) in [6.45, 7) is 6.37. The molecule has 0 aliphatic carbocycles. The highest BCUT2D eigenvalue weighted by molar-refractivity contribution is 5.98. The summed E-state index contributed by atoms with van der Waals surface area (Å²) < 4.78 is 17.4. The first kappa shape index (κ1) is 16.2. The van der Waals surface area contributed by atoms with Crippen molar-refractivity contribution in [3.05, 3.63) is 53.6 Å². The standard InChI is InChI=1S/C19H21NO4/c1-4-22-17-11-13(9-10-16(17)23-12(2)3)19-20-18(21)14-7-5-6-8-15(14)24-19/h5-12,19H,4H2,1-3H3,(H,20,21)/t19-/m1/s1. The summed E-state index contributed by atoms with van der Waals surface area (Å²) in [5, 5.41) is 2.86. The number of benzene rings is 2. The van der Waals surface area contributed by atoms with E-state index in [0.29, 0.717) is 29.4 Å². The quantitative estimate of drug-likeness (QED) is 0.910. The average Bonchev–Trinajstić information content (AvgIpc) is 2.56. The van der Waals surface area contributed by atoms with Crippen LogP contribution >= 0.6 is 0 Å². The first-order valence-corrected chi connectivity index (χ1v) is 8.08. The molecule has 2 aromatic carbocycles. The van der Waals surface area contributed by atoms with E-state index in [0.717, 1.165) is 5.56 Å². The SMILES string of the molecule is CCOc1cc([C@@H]2NC(=O)c3ccccc3O2)ccc1OC(C)C. The fourth-order valence-corrected chi connectivity index (χ4v) is 2.57. The zero-order valence-electron chi connectivity index (χ0n) is 14.0. The van der Waals surface area contributed by atoms with Crippen molar-refractivity contribution in [1.29, 1.82) is 0 Å². The number of carbonyl (C=O) groups is 1. The maximum Gasteiger partial charge on any atom is 0.258 e. The maximum absolute atomic E-state index is 12.2. The van der Waals surface area contributed by atoms with Gasteiger partial charge in [-0.1, -0.05) is 12.1 Å². The summed E-state index contributed by atoms with van der Waals surface area (Å²) in [7, 11) is 0. The van der Waals surface area contributed by atoms with Crippen LogP contribution in [0.2, 0.25) is 0 Å². The molecule has 0 bridgehead atoms. The zero-order valence-corrected chi connectivity index (χ0v) is 14.0. The summed E-state index contributed by atoms with van der Waals surface area (Å²) in [6.07, 6.45) is -0.507. The van der Waals surface area contributed by atoms with Crippen LogP contribution in [0.25, 0.3) is 0 Å². The predicted octanol–water partition coefficient (Wildman–Crippen LogP) is 3.69. The van der Waals surface area contributed by atoms with Gasteiger partial charge in [0.05, 0.1) is 18.3 Å². The van der Waals surface area contributed by atoms with E-state index >= 15 is 0 Å². The van der Waals surface area contributed by atoms with Gasteiger partial charge in [0.15, 0.2) is 17.7 Å². The number of nitrogens with one attached hydrogen (secondary N) is 1. The van der Waals surface area contributed by atoms with Crippen LogP contribution in [0.3, 0.4) is 0 Å². The monoisotopic (exact) mass is 327 g/mol. The Bertz CT molecular complexity index is 742. The van der Waals surface area contributed by atoms with Crippen molar-refractivity contribution < 1.29 is 19.0 Å². The zero-order chi connectivity index (χ0) is 17.1. The van der Waals surface area contributed by atoms with Crippen molar-refractivity contribution >= 4 is 5.91 Å². The second kappa shape index (κ2) is 6.83. The van der Waals surface area contributed by atoms with Gasteiger partial charge in [-0.2, -0.15) is 0 Å². The Morgan fingerprint density at radius 3 is 2.71 bits per heavy atom. The molecule has 1 aliphatic heterocycles. The molecule has 0 aromatic heterocycles. The third-order valence-electron chi connectivity index (χ3n) is 3.57. The van der Waals surface area contributed by atoms with E-state index in [9.17, 15) is 4.79 Å². The average molecular weight is 327 g/mol. The van der Waals surface area contributed by atoms with E-state index < -0.39 is 6.23 Å². The second-order valence-electron chi connectivity index (χ2n) is 5.77. The summed E-state index contributed by atoms with van der Waals surface area (Å²) in [4.78, 5) is 12.2. The molecule has 1 atom stereocenters. The van der Waals surface area contributed by atoms with E-state index in [4.69, 9.17) is 14.2 Å². The third-order valence-corrected chi connectivity index (χ3v) is 3.57. The third kappa shape index (κ3) is 3.30. The molecule has 24 heavy (non-hydrogen) atoms. The topological polar surface area (TPSA) is 56.8 Å². The van der Waals surface area contributed by atoms with Crippen LogP contribution in [0.1, 0.15) is 42.9 Å². The lowest BCUT2D eigenvalue weighted by Crippen LogP contribution is -2.36. The minimum absolute atomic E-state index is 0.0487. The number of para-hydroxylation sites is 1. The fraction of sp³-hybridized carbons (Fsp3) is 0.316. The van der Waals surface area contributed by atoms with E-state index in [1.165, 1.54) is 0 Å². The van der Waals surface area contributed by atoms with E-state index in [1.807, 2.05) is 51.1 Å². The largest absolute Gasteiger partial charge is 0.490 e. The van der Waals surface area contributed by atoms with Crippen LogP contribution in [0.5, 0.6) is 17.2 Å². The minimum Gasteiger partial charge on any atom is -0.490 e. The van der Waals surface area contributed by atoms with Crippen molar-refractivity contribution in [2.75, 3.05) is 6.61 Å². The van der Waals surface area contributed by atoms with Gasteiger partial charge in [0.25, 0.3) is 5.91 Å². The number of hydrogen-bond donors (Lipinski definition) is 1. The normalized spacial score (nSPS) is 16.2. The van der Waals surface area contributed by atoms with Crippen LogP contribution < -0.4 is 19.5 Å². The minimum atomic E-state index is -0.556. The maximum atomic E-state index is 12.2. The summed E-state index contributed by atoms with van der Waals surface area (Å²) in [5.41, 5.74) is 1.34. The van der Waals surface area contributed by atoms with Gasteiger partial charge < -0.3 is 19.5 Å². The van der Waals surface area contributed by atoms with E-state index in [2.05, 4.69) is 5.32 Å². The van der Waals surface area contributed by atoms with Crippen LogP contribution in [-0.4, -0.2) is 18.6 Å². The van der Waals surface area contributed by atoms with Crippen molar-refractivity contribution in [1.82, 2.24) is 5.32 Å². The van der Waals surface area contributed by atoms with Gasteiger partial charge in [-0.15, -0.1) is 0 Å². The van der Waals surface area contributed by atoms with E-state index in [1.54, 1.807) is 12.1 Å². The Morgan fingerprint density at radius 1 is 1.17 bits per heavy atom. The molecule has 0 radical (unpaired) electrons. The number of carbonyl (C=O) groups excluding carboxylic acids is 1. The number of rotatable bonds is 5. The Balaban J connectivity index is 1.90. The smallest absolute Gasteiger partial charge is 0.258 e. The molecule has 1 amide bonds. The summed E-state index contributed by atoms with van der Waals surface area (Å²) in [6, 6.07) is 12.8. The number of hydrogen-bond acceptors (Lipinski definition) is 4. The molecule has 2 aromatic rings. The lowest BCUT2D eigenvalue weighted by molar-refractivity contribution is 0.0755. The molecule has 0 unspecified atom stereocenters. The van der Waals surface area contributed by atoms with Crippen molar-refractivity contribution in [2.45, 2.75) is 33.1 Å². The molecule has 1 heterocycles. The Labute approximate surface area is 141 Å². The number of fused-ring (bicyclic) bond motifs is 1. The molecule has 3 rings (SSSR count). The first-order chi connectivity index (χ1) is 11.6. The van der Waals surface area contributed by atoms with Gasteiger partial charge in [0, 0.05) is 5.56 Å². The summed E-state index contributed by atoms with van der Waals surface area (Å²) >= 11 is 0. The molecular formula is C19H21NO4. The number of amides is 1. The van der Waals surface area contributed by atoms with Gasteiger partial charge in [0.2, 0.25) is 0 Å². The molecule has 0 spiro atoms. The Kier molecular flexibility index (Phi) is 4.60. The van der Waals surface area contributed by atoms with Gasteiger partial charge in [-0.25, -0.2) is 0 Å². The highest BCUT2D eigenvalue weighted by Gasteiger charge is 2.27. The molecule has 5 heteroatoms. The lowest BCUT2D eigenvalue weighted by atomic mass is 10.1. The van der Waals surface area contributed by atoms with Crippen molar-refractivity contribution in [3.8, 4) is 17.2 Å². The molecule has 1 N–H and O–H groups in total. The van der Waals surface area contributed by atoms with Crippen molar-refractivity contribution in [2.24, 2.45) is 0 Å². The van der Waals surface area contributed by atoms with Gasteiger partial charge >= 0.3 is 0 Å². The fourth-order valence-electron chi connectivity index (χ4n) is 2.57. The Morgan fingerprint density at radius 2 is 1.96 bits per heavy atom. The van der Waals surface area contributed by atoms with Gasteiger partial charge in [-0.05, 0) is 51.1 Å². The molecule has 126 valence electrons. The number of ether oxygens (including phenoxy) is 3. The molecule has 1 aliphatic rings. The molecule has 5 nitrogen and oxygen atoms in total. The Hall–Kier alpha value is -2.69. The van der Waals surface area contributed by atoms with Crippen LogP contribution in [-0.2, 0) is 0 Å². The second-order valence-corrected chi connectivity index (χ2v) is 5.77. The highest BCUT2D eigenvalue weighted by Crippen LogP contribution is 2.34. The highest BCUT2D eigenvalue weighted by atomic mass is 16.5. The molecule has 0 saturated heterocycles. The first-order valence-electron chi connectivity index (χ1n) is 8.08. The van der Waals surface area contributed by atoms with Gasteiger partial charge in [0.1, 0.15) is 5.75 Å². The lowest BCUT2D eigenvalue weighted by Gasteiger charge is -2.27. The predicted molar refractivity (Wildman–Crippen MR) is 90.7 cm³/mol.